The minimum atomic E-state index is -0.565. The van der Waals surface area contributed by atoms with Gasteiger partial charge in [0.1, 0.15) is 6.04 Å². The van der Waals surface area contributed by atoms with Gasteiger partial charge in [0.05, 0.1) is 0 Å². The summed E-state index contributed by atoms with van der Waals surface area (Å²) in [6.07, 6.45) is 3.31. The average Bonchev–Trinajstić information content (AvgIpc) is 2.88. The number of rotatable bonds is 2. The molecular weight excluding hydrogens is 308 g/mol. The lowest BCUT2D eigenvalue weighted by atomic mass is 9.82. The number of aryl methyl sites for hydroxylation is 1. The van der Waals surface area contributed by atoms with Crippen molar-refractivity contribution in [3.63, 3.8) is 0 Å². The van der Waals surface area contributed by atoms with E-state index in [4.69, 9.17) is 0 Å². The average molecular weight is 328 g/mol. The van der Waals surface area contributed by atoms with Gasteiger partial charge in [0.2, 0.25) is 11.8 Å². The van der Waals surface area contributed by atoms with Crippen molar-refractivity contribution in [2.24, 2.45) is 5.92 Å². The van der Waals surface area contributed by atoms with Crippen molar-refractivity contribution in [3.05, 3.63) is 34.4 Å². The van der Waals surface area contributed by atoms with Gasteiger partial charge >= 0.3 is 0 Å². The largest absolute Gasteiger partial charge is 0.396 e. The molecule has 126 valence electrons. The Bertz CT molecular complexity index is 743. The van der Waals surface area contributed by atoms with Crippen LogP contribution in [0.2, 0.25) is 0 Å². The molecule has 0 spiro atoms. The number of nitrogens with zero attached hydrogens (tertiary/aromatic N) is 1. The van der Waals surface area contributed by atoms with Crippen LogP contribution in [0.3, 0.4) is 0 Å². The van der Waals surface area contributed by atoms with Gasteiger partial charge in [0, 0.05) is 25.1 Å². The van der Waals surface area contributed by atoms with Gasteiger partial charge in [-0.3, -0.25) is 19.7 Å². The van der Waals surface area contributed by atoms with Crippen LogP contribution in [-0.2, 0) is 29.0 Å². The zero-order chi connectivity index (χ0) is 16.8. The highest BCUT2D eigenvalue weighted by Crippen LogP contribution is 2.33. The normalized spacial score (nSPS) is 26.2. The molecule has 0 bridgehead atoms. The lowest BCUT2D eigenvalue weighted by Gasteiger charge is -2.29. The van der Waals surface area contributed by atoms with Gasteiger partial charge in [-0.1, -0.05) is 6.07 Å². The minimum Gasteiger partial charge on any atom is -0.396 e. The predicted molar refractivity (Wildman–Crippen MR) is 85.1 cm³/mol. The quantitative estimate of drug-likeness (QED) is 0.776. The molecule has 1 aliphatic carbocycles. The summed E-state index contributed by atoms with van der Waals surface area (Å²) in [5.74, 6) is -0.478. The molecule has 2 atom stereocenters. The third kappa shape index (κ3) is 2.41. The predicted octanol–water partition coefficient (Wildman–Crippen LogP) is 0.545. The molecule has 0 aromatic heterocycles. The maximum absolute atomic E-state index is 12.8. The van der Waals surface area contributed by atoms with E-state index < -0.39 is 6.04 Å². The van der Waals surface area contributed by atoms with Gasteiger partial charge in [-0.2, -0.15) is 0 Å². The SMILES string of the molecule is O=C1CC[C@H](N2Cc3cc4c(cc3C2=O)CCC(CO)C4)C(=O)N1. The highest BCUT2D eigenvalue weighted by atomic mass is 16.3. The number of aliphatic hydroxyl groups is 1. The Morgan fingerprint density at radius 2 is 1.92 bits per heavy atom. The van der Waals surface area contributed by atoms with Crippen LogP contribution < -0.4 is 5.32 Å². The Hall–Kier alpha value is -2.21. The Balaban J connectivity index is 1.61. The summed E-state index contributed by atoms with van der Waals surface area (Å²) in [5, 5.41) is 11.7. The molecule has 2 aliphatic heterocycles. The summed E-state index contributed by atoms with van der Waals surface area (Å²) in [7, 11) is 0. The van der Waals surface area contributed by atoms with E-state index in [0.29, 0.717) is 24.4 Å². The fourth-order valence-electron chi connectivity index (χ4n) is 4.06. The number of fused-ring (bicyclic) bond motifs is 2. The first kappa shape index (κ1) is 15.3. The zero-order valence-corrected chi connectivity index (χ0v) is 13.4. The molecule has 1 aromatic rings. The second-order valence-corrected chi connectivity index (χ2v) is 6.97. The fourth-order valence-corrected chi connectivity index (χ4v) is 4.06. The Labute approximate surface area is 139 Å². The van der Waals surface area contributed by atoms with Crippen molar-refractivity contribution in [1.82, 2.24) is 10.2 Å². The van der Waals surface area contributed by atoms with Crippen LogP contribution in [0.15, 0.2) is 12.1 Å². The highest BCUT2D eigenvalue weighted by molar-refractivity contribution is 6.05. The van der Waals surface area contributed by atoms with E-state index in [1.807, 2.05) is 6.07 Å². The molecule has 6 heteroatoms. The van der Waals surface area contributed by atoms with Crippen LogP contribution in [0.25, 0.3) is 0 Å². The van der Waals surface area contributed by atoms with Crippen LogP contribution in [0.1, 0.15) is 46.3 Å². The molecule has 24 heavy (non-hydrogen) atoms. The monoisotopic (exact) mass is 328 g/mol. The van der Waals surface area contributed by atoms with Crippen molar-refractivity contribution in [3.8, 4) is 0 Å². The molecule has 1 aromatic carbocycles. The molecule has 3 amide bonds. The lowest BCUT2D eigenvalue weighted by molar-refractivity contribution is -0.136. The number of nitrogens with one attached hydrogen (secondary N) is 1. The number of benzene rings is 1. The molecule has 4 rings (SSSR count). The van der Waals surface area contributed by atoms with Crippen molar-refractivity contribution in [1.29, 1.82) is 0 Å². The van der Waals surface area contributed by atoms with Gasteiger partial charge in [-0.25, -0.2) is 0 Å². The second-order valence-electron chi connectivity index (χ2n) is 6.97. The third-order valence-corrected chi connectivity index (χ3v) is 5.43. The molecule has 1 unspecified atom stereocenters. The topological polar surface area (TPSA) is 86.7 Å². The van der Waals surface area contributed by atoms with Gasteiger partial charge in [-0.05, 0) is 54.4 Å². The van der Waals surface area contributed by atoms with Crippen molar-refractivity contribution in [2.75, 3.05) is 6.61 Å². The Kier molecular flexibility index (Phi) is 3.64. The maximum atomic E-state index is 12.8. The molecule has 0 radical (unpaired) electrons. The summed E-state index contributed by atoms with van der Waals surface area (Å²) in [6, 6.07) is 3.47. The fraction of sp³-hybridized carbons (Fsp3) is 0.500. The lowest BCUT2D eigenvalue weighted by Crippen LogP contribution is -2.52. The molecule has 1 saturated heterocycles. The first-order valence-electron chi connectivity index (χ1n) is 8.47. The van der Waals surface area contributed by atoms with Gasteiger partial charge in [-0.15, -0.1) is 0 Å². The Morgan fingerprint density at radius 1 is 1.08 bits per heavy atom. The number of hydrogen-bond donors (Lipinski definition) is 2. The zero-order valence-electron chi connectivity index (χ0n) is 13.4. The van der Waals surface area contributed by atoms with Crippen molar-refractivity contribution in [2.45, 2.75) is 44.7 Å². The van der Waals surface area contributed by atoms with E-state index in [2.05, 4.69) is 11.4 Å². The summed E-state index contributed by atoms with van der Waals surface area (Å²) in [6.45, 7) is 0.607. The first-order chi connectivity index (χ1) is 11.6. The maximum Gasteiger partial charge on any atom is 0.255 e. The number of aliphatic hydroxyl groups excluding tert-OH is 1. The van der Waals surface area contributed by atoms with Crippen LogP contribution in [0.4, 0.5) is 0 Å². The summed E-state index contributed by atoms with van der Waals surface area (Å²) in [5.41, 5.74) is 4.01. The van der Waals surface area contributed by atoms with E-state index in [-0.39, 0.29) is 30.7 Å². The van der Waals surface area contributed by atoms with Gasteiger partial charge in [0.15, 0.2) is 0 Å². The smallest absolute Gasteiger partial charge is 0.255 e. The van der Waals surface area contributed by atoms with E-state index in [0.717, 1.165) is 24.8 Å². The molecule has 0 saturated carbocycles. The second kappa shape index (κ2) is 5.70. The van der Waals surface area contributed by atoms with E-state index >= 15 is 0 Å². The minimum absolute atomic E-state index is 0.119. The molecule has 6 nitrogen and oxygen atoms in total. The molecule has 3 aliphatic rings. The van der Waals surface area contributed by atoms with Gasteiger partial charge < -0.3 is 10.0 Å². The van der Waals surface area contributed by atoms with Crippen LogP contribution in [0.5, 0.6) is 0 Å². The highest BCUT2D eigenvalue weighted by Gasteiger charge is 2.39. The molecule has 1 fully saturated rings. The number of hydrogen-bond acceptors (Lipinski definition) is 4. The number of carbonyl (C=O) groups is 3. The number of carbonyl (C=O) groups excluding carboxylic acids is 3. The summed E-state index contributed by atoms with van der Waals surface area (Å²) in [4.78, 5) is 37.7. The van der Waals surface area contributed by atoms with E-state index in [9.17, 15) is 19.5 Å². The Morgan fingerprint density at radius 3 is 2.67 bits per heavy atom. The van der Waals surface area contributed by atoms with Crippen LogP contribution in [-0.4, -0.2) is 40.4 Å². The first-order valence-corrected chi connectivity index (χ1v) is 8.47. The summed E-state index contributed by atoms with van der Waals surface area (Å²) >= 11 is 0. The van der Waals surface area contributed by atoms with E-state index in [1.54, 1.807) is 4.90 Å². The number of piperidine rings is 1. The van der Waals surface area contributed by atoms with Crippen LogP contribution in [0, 0.1) is 5.92 Å². The number of imide groups is 1. The molecular formula is C18H20N2O4. The third-order valence-electron chi connectivity index (χ3n) is 5.43. The van der Waals surface area contributed by atoms with Crippen LogP contribution >= 0.6 is 0 Å². The standard InChI is InChI=1S/C18H20N2O4/c21-9-10-1-2-11-7-14-13(6-12(11)5-10)8-20(18(14)24)15-3-4-16(22)19-17(15)23/h6-7,10,15,21H,1-5,8-9H2,(H,19,22,23)/t10?,15-/m0/s1. The number of amides is 3. The summed E-state index contributed by atoms with van der Waals surface area (Å²) < 4.78 is 0. The molecule has 2 N–H and O–H groups in total. The van der Waals surface area contributed by atoms with E-state index in [1.165, 1.54) is 11.1 Å². The molecule has 2 heterocycles. The van der Waals surface area contributed by atoms with Crippen molar-refractivity contribution < 1.29 is 19.5 Å². The van der Waals surface area contributed by atoms with Crippen molar-refractivity contribution >= 4 is 17.7 Å². The van der Waals surface area contributed by atoms with Gasteiger partial charge in [0.25, 0.3) is 5.91 Å².